The third-order valence-corrected chi connectivity index (χ3v) is 7.61. The highest BCUT2D eigenvalue weighted by molar-refractivity contribution is 7.96. The second kappa shape index (κ2) is 9.57. The summed E-state index contributed by atoms with van der Waals surface area (Å²) < 4.78 is 19.1. The average molecular weight is 440 g/mol. The lowest BCUT2D eigenvalue weighted by Crippen LogP contribution is -2.22. The van der Waals surface area contributed by atoms with Crippen LogP contribution in [0.15, 0.2) is 36.9 Å². The Morgan fingerprint density at radius 2 is 1.16 bits per heavy atom. The fourth-order valence-electron chi connectivity index (χ4n) is 4.01. The first-order valence-electron chi connectivity index (χ1n) is 10.0. The molecule has 6 heteroatoms. The summed E-state index contributed by atoms with van der Waals surface area (Å²) in [5.41, 5.74) is 3.21. The van der Waals surface area contributed by atoms with Gasteiger partial charge in [-0.3, -0.25) is 14.4 Å². The van der Waals surface area contributed by atoms with Gasteiger partial charge in [-0.05, 0) is 63.8 Å². The molecule has 0 atom stereocenters. The van der Waals surface area contributed by atoms with Crippen molar-refractivity contribution in [3.05, 3.63) is 81.4 Å². The van der Waals surface area contributed by atoms with Crippen LogP contribution >= 0.6 is 7.14 Å². The number of rotatable bonds is 8. The van der Waals surface area contributed by atoms with Crippen molar-refractivity contribution in [2.24, 2.45) is 0 Å². The van der Waals surface area contributed by atoms with E-state index in [0.717, 1.165) is 11.1 Å². The summed E-state index contributed by atoms with van der Waals surface area (Å²) in [6.07, 6.45) is 0.590. The molecule has 0 aliphatic carbocycles. The number of carbonyl (C=O) groups excluding carboxylic acids is 3. The molecule has 2 rings (SSSR count). The van der Waals surface area contributed by atoms with Gasteiger partial charge in [0.05, 0.1) is 0 Å². The predicted molar refractivity (Wildman–Crippen MR) is 124 cm³/mol. The molecule has 0 bridgehead atoms. The standard InChI is InChI=1S/C25H29O5P/c1-8-9-30-21(26)14-31(29,24(27)22-17(4)10-15(2)11-18(22)5)25(28)23-19(6)12-16(3)13-20(23)7/h8,10-13H,1,9,14H2,2-7H3. The van der Waals surface area contributed by atoms with Gasteiger partial charge in [-0.25, -0.2) is 0 Å². The van der Waals surface area contributed by atoms with Crippen LogP contribution in [0.4, 0.5) is 0 Å². The van der Waals surface area contributed by atoms with E-state index in [1.807, 2.05) is 13.8 Å². The van der Waals surface area contributed by atoms with Gasteiger partial charge >= 0.3 is 5.97 Å². The monoisotopic (exact) mass is 440 g/mol. The van der Waals surface area contributed by atoms with E-state index in [-0.39, 0.29) is 17.7 Å². The molecule has 2 aromatic carbocycles. The molecule has 0 radical (unpaired) electrons. The summed E-state index contributed by atoms with van der Waals surface area (Å²) >= 11 is 0. The molecule has 0 aromatic heterocycles. The van der Waals surface area contributed by atoms with Crippen LogP contribution in [0.1, 0.15) is 54.1 Å². The zero-order chi connectivity index (χ0) is 23.5. The summed E-state index contributed by atoms with van der Waals surface area (Å²) in [4.78, 5) is 39.6. The minimum Gasteiger partial charge on any atom is -0.461 e. The van der Waals surface area contributed by atoms with Crippen molar-refractivity contribution in [3.63, 3.8) is 0 Å². The normalized spacial score (nSPS) is 11.2. The van der Waals surface area contributed by atoms with Crippen molar-refractivity contribution in [3.8, 4) is 0 Å². The van der Waals surface area contributed by atoms with Gasteiger partial charge in [0, 0.05) is 11.1 Å². The van der Waals surface area contributed by atoms with E-state index in [2.05, 4.69) is 6.58 Å². The molecule has 0 saturated carbocycles. The van der Waals surface area contributed by atoms with Crippen LogP contribution in [-0.2, 0) is 14.1 Å². The quantitative estimate of drug-likeness (QED) is 0.303. The number of benzene rings is 2. The van der Waals surface area contributed by atoms with Crippen LogP contribution in [-0.4, -0.2) is 29.8 Å². The Labute approximate surface area is 183 Å². The summed E-state index contributed by atoms with van der Waals surface area (Å²) in [5, 5.41) is 0. The molecule has 0 fully saturated rings. The predicted octanol–water partition coefficient (Wildman–Crippen LogP) is 5.61. The summed E-state index contributed by atoms with van der Waals surface area (Å²) in [6.45, 7) is 14.1. The number of ether oxygens (including phenoxy) is 1. The molecule has 0 spiro atoms. The number of hydrogen-bond donors (Lipinski definition) is 0. The summed E-state index contributed by atoms with van der Waals surface area (Å²) in [7, 11) is -4.37. The molecule has 0 amide bonds. The molecule has 0 heterocycles. The maximum atomic E-state index is 14.1. The smallest absolute Gasteiger partial charge is 0.314 e. The van der Waals surface area contributed by atoms with Crippen LogP contribution in [0, 0.1) is 41.5 Å². The summed E-state index contributed by atoms with van der Waals surface area (Å²) in [6, 6.07) is 7.20. The second-order valence-corrected chi connectivity index (χ2v) is 10.6. The van der Waals surface area contributed by atoms with E-state index >= 15 is 0 Å². The Morgan fingerprint density at radius 3 is 1.48 bits per heavy atom. The van der Waals surface area contributed by atoms with Gasteiger partial charge in [-0.15, -0.1) is 0 Å². The Bertz CT molecular complexity index is 1010. The van der Waals surface area contributed by atoms with Gasteiger partial charge < -0.3 is 9.30 Å². The Morgan fingerprint density at radius 1 is 0.806 bits per heavy atom. The Balaban J connectivity index is 2.69. The van der Waals surface area contributed by atoms with Crippen molar-refractivity contribution in [2.75, 3.05) is 12.8 Å². The van der Waals surface area contributed by atoms with Gasteiger partial charge in [0.15, 0.2) is 0 Å². The maximum Gasteiger partial charge on any atom is 0.314 e. The third kappa shape index (κ3) is 5.11. The van der Waals surface area contributed by atoms with E-state index < -0.39 is 30.3 Å². The number of hydrogen-bond acceptors (Lipinski definition) is 5. The van der Waals surface area contributed by atoms with E-state index in [0.29, 0.717) is 22.3 Å². The molecular weight excluding hydrogens is 411 g/mol. The molecule has 0 unspecified atom stereocenters. The molecule has 2 aromatic rings. The topological polar surface area (TPSA) is 77.5 Å². The van der Waals surface area contributed by atoms with Crippen molar-refractivity contribution in [1.29, 1.82) is 0 Å². The van der Waals surface area contributed by atoms with Crippen LogP contribution in [0.25, 0.3) is 0 Å². The Hall–Kier alpha value is -2.78. The largest absolute Gasteiger partial charge is 0.461 e. The molecular formula is C25H29O5P. The lowest BCUT2D eigenvalue weighted by atomic mass is 10.0. The molecule has 31 heavy (non-hydrogen) atoms. The maximum absolute atomic E-state index is 14.1. The van der Waals surface area contributed by atoms with E-state index in [1.54, 1.807) is 52.0 Å². The zero-order valence-electron chi connectivity index (χ0n) is 19.0. The van der Waals surface area contributed by atoms with E-state index in [9.17, 15) is 18.9 Å². The fraction of sp³-hybridized carbons (Fsp3) is 0.320. The van der Waals surface area contributed by atoms with Gasteiger partial charge in [0.25, 0.3) is 0 Å². The van der Waals surface area contributed by atoms with Gasteiger partial charge in [-0.1, -0.05) is 48.0 Å². The first-order valence-corrected chi connectivity index (χ1v) is 11.9. The molecule has 0 N–H and O–H groups in total. The van der Waals surface area contributed by atoms with E-state index in [1.165, 1.54) is 6.08 Å². The van der Waals surface area contributed by atoms with E-state index in [4.69, 9.17) is 4.74 Å². The van der Waals surface area contributed by atoms with Crippen LogP contribution in [0.2, 0.25) is 0 Å². The summed E-state index contributed by atoms with van der Waals surface area (Å²) in [5.74, 6) is -0.866. The minimum absolute atomic E-state index is 0.0909. The van der Waals surface area contributed by atoms with Gasteiger partial charge in [-0.2, -0.15) is 0 Å². The Kier molecular flexibility index (Phi) is 7.56. The number of esters is 1. The second-order valence-electron chi connectivity index (χ2n) is 8.03. The first-order chi connectivity index (χ1) is 14.4. The number of aryl methyl sites for hydroxylation is 6. The SMILES string of the molecule is C=CCOC(=O)CP(=O)(C(=O)c1c(C)cc(C)cc1C)C(=O)c1c(C)cc(C)cc1C. The van der Waals surface area contributed by atoms with Crippen LogP contribution in [0.3, 0.4) is 0 Å². The lowest BCUT2D eigenvalue weighted by Gasteiger charge is -2.20. The first kappa shape index (κ1) is 24.5. The molecule has 5 nitrogen and oxygen atoms in total. The minimum atomic E-state index is -4.37. The van der Waals surface area contributed by atoms with Crippen LogP contribution < -0.4 is 0 Å². The zero-order valence-corrected chi connectivity index (χ0v) is 19.9. The van der Waals surface area contributed by atoms with Crippen molar-refractivity contribution in [1.82, 2.24) is 0 Å². The average Bonchev–Trinajstić information content (AvgIpc) is 2.64. The van der Waals surface area contributed by atoms with Crippen LogP contribution in [0.5, 0.6) is 0 Å². The third-order valence-electron chi connectivity index (χ3n) is 5.15. The molecule has 0 saturated heterocycles. The highest BCUT2D eigenvalue weighted by Crippen LogP contribution is 2.53. The van der Waals surface area contributed by atoms with Gasteiger partial charge in [0.1, 0.15) is 12.8 Å². The van der Waals surface area contributed by atoms with Gasteiger partial charge in [0.2, 0.25) is 18.2 Å². The molecule has 164 valence electrons. The molecule has 0 aliphatic heterocycles. The van der Waals surface area contributed by atoms with Crippen molar-refractivity contribution >= 4 is 24.2 Å². The van der Waals surface area contributed by atoms with Crippen molar-refractivity contribution in [2.45, 2.75) is 41.5 Å². The highest BCUT2D eigenvalue weighted by Gasteiger charge is 2.45. The highest BCUT2D eigenvalue weighted by atomic mass is 31.2. The fourth-order valence-corrected chi connectivity index (χ4v) is 6.37. The number of carbonyl (C=O) groups is 3. The lowest BCUT2D eigenvalue weighted by molar-refractivity contribution is -0.139. The molecule has 0 aliphatic rings. The van der Waals surface area contributed by atoms with Crippen molar-refractivity contribution < 1.29 is 23.7 Å².